The highest BCUT2D eigenvalue weighted by atomic mass is 16.4. The molecule has 100 valence electrons. The van der Waals surface area contributed by atoms with Crippen molar-refractivity contribution < 1.29 is 5.21 Å². The zero-order valence-corrected chi connectivity index (χ0v) is 11.3. The summed E-state index contributed by atoms with van der Waals surface area (Å²) in [7, 11) is 2.08. The van der Waals surface area contributed by atoms with Crippen LogP contribution in [-0.2, 0) is 0 Å². The van der Waals surface area contributed by atoms with E-state index in [-0.39, 0.29) is 5.84 Å². The van der Waals surface area contributed by atoms with E-state index in [1.54, 1.807) is 0 Å². The minimum Gasteiger partial charge on any atom is -0.409 e. The predicted octanol–water partition coefficient (Wildman–Crippen LogP) is 2.78. The first-order valence-corrected chi connectivity index (χ1v) is 6.39. The van der Waals surface area contributed by atoms with Gasteiger partial charge in [0.25, 0.3) is 0 Å². The molecule has 0 aliphatic carbocycles. The Balaban J connectivity index is 2.65. The second-order valence-corrected chi connectivity index (χ2v) is 4.58. The van der Waals surface area contributed by atoms with Crippen molar-refractivity contribution in [3.63, 3.8) is 0 Å². The Bertz CT molecular complexity index is 607. The number of hydrogen-bond acceptors (Lipinski definition) is 3. The Morgan fingerprint density at radius 1 is 1.21 bits per heavy atom. The maximum Gasteiger partial charge on any atom is 0.170 e. The van der Waals surface area contributed by atoms with Crippen LogP contribution >= 0.6 is 0 Å². The molecule has 4 nitrogen and oxygen atoms in total. The predicted molar refractivity (Wildman–Crippen MR) is 80.0 cm³/mol. The van der Waals surface area contributed by atoms with Gasteiger partial charge in [-0.25, -0.2) is 0 Å². The first kappa shape index (κ1) is 13.2. The monoisotopic (exact) mass is 257 g/mol. The van der Waals surface area contributed by atoms with Crippen LogP contribution in [0.25, 0.3) is 10.8 Å². The molecule has 4 heteroatoms. The first-order valence-electron chi connectivity index (χ1n) is 6.39. The van der Waals surface area contributed by atoms with Gasteiger partial charge in [0.1, 0.15) is 0 Å². The van der Waals surface area contributed by atoms with E-state index in [0.717, 1.165) is 35.0 Å². The molecule has 0 radical (unpaired) electrons. The standard InChI is InChI=1S/C15H19N3O/c1-3-10-18(2)14-9-8-13(15(16)17-19)11-6-4-5-7-12(11)14/h4-9,19H,3,10H2,1-2H3,(H2,16,17). The van der Waals surface area contributed by atoms with E-state index in [9.17, 15) is 0 Å². The van der Waals surface area contributed by atoms with Crippen molar-refractivity contribution in [1.82, 2.24) is 0 Å². The van der Waals surface area contributed by atoms with Crippen LogP contribution in [0.1, 0.15) is 18.9 Å². The second kappa shape index (κ2) is 5.61. The van der Waals surface area contributed by atoms with Crippen molar-refractivity contribution in [2.75, 3.05) is 18.5 Å². The molecule has 0 aromatic heterocycles. The third-order valence-corrected chi connectivity index (χ3v) is 3.26. The van der Waals surface area contributed by atoms with Gasteiger partial charge in [0.05, 0.1) is 0 Å². The second-order valence-electron chi connectivity index (χ2n) is 4.58. The molecule has 0 aliphatic rings. The van der Waals surface area contributed by atoms with Crippen LogP contribution < -0.4 is 10.6 Å². The largest absolute Gasteiger partial charge is 0.409 e. The number of rotatable bonds is 4. The maximum absolute atomic E-state index is 8.86. The Labute approximate surface area is 113 Å². The average Bonchev–Trinajstić information content (AvgIpc) is 2.45. The molecule has 0 spiro atoms. The summed E-state index contributed by atoms with van der Waals surface area (Å²) in [6, 6.07) is 11.9. The summed E-state index contributed by atoms with van der Waals surface area (Å²) in [4.78, 5) is 2.22. The van der Waals surface area contributed by atoms with Crippen LogP contribution in [0.4, 0.5) is 5.69 Å². The Morgan fingerprint density at radius 3 is 2.53 bits per heavy atom. The SMILES string of the molecule is CCCN(C)c1ccc(/C(N)=N/O)c2ccccc12. The van der Waals surface area contributed by atoms with E-state index in [4.69, 9.17) is 10.9 Å². The van der Waals surface area contributed by atoms with E-state index in [2.05, 4.69) is 30.1 Å². The summed E-state index contributed by atoms with van der Waals surface area (Å²) < 4.78 is 0. The molecule has 0 aliphatic heterocycles. The Morgan fingerprint density at radius 2 is 1.89 bits per heavy atom. The van der Waals surface area contributed by atoms with E-state index in [0.29, 0.717) is 0 Å². The molecule has 0 bridgehead atoms. The average molecular weight is 257 g/mol. The van der Waals surface area contributed by atoms with Gasteiger partial charge in [-0.15, -0.1) is 0 Å². The molecule has 2 aromatic rings. The molecule has 0 atom stereocenters. The molecular weight excluding hydrogens is 238 g/mol. The highest BCUT2D eigenvalue weighted by Gasteiger charge is 2.10. The Kier molecular flexibility index (Phi) is 3.90. The third-order valence-electron chi connectivity index (χ3n) is 3.26. The highest BCUT2D eigenvalue weighted by Crippen LogP contribution is 2.29. The molecule has 2 aromatic carbocycles. The number of oxime groups is 1. The maximum atomic E-state index is 8.86. The van der Waals surface area contributed by atoms with Gasteiger partial charge in [-0.1, -0.05) is 36.3 Å². The lowest BCUT2D eigenvalue weighted by molar-refractivity contribution is 0.318. The van der Waals surface area contributed by atoms with Crippen molar-refractivity contribution in [3.8, 4) is 0 Å². The third kappa shape index (κ3) is 2.47. The summed E-state index contributed by atoms with van der Waals surface area (Å²) >= 11 is 0. The van der Waals surface area contributed by atoms with E-state index in [1.165, 1.54) is 0 Å². The van der Waals surface area contributed by atoms with Crippen molar-refractivity contribution in [1.29, 1.82) is 0 Å². The number of anilines is 1. The molecular formula is C15H19N3O. The summed E-state index contributed by atoms with van der Waals surface area (Å²) in [5, 5.41) is 14.1. The van der Waals surface area contributed by atoms with Gasteiger partial charge in [0.15, 0.2) is 5.84 Å². The molecule has 0 unspecified atom stereocenters. The molecule has 19 heavy (non-hydrogen) atoms. The lowest BCUT2D eigenvalue weighted by Gasteiger charge is -2.21. The summed E-state index contributed by atoms with van der Waals surface area (Å²) in [5.41, 5.74) is 7.65. The lowest BCUT2D eigenvalue weighted by Crippen LogP contribution is -2.19. The van der Waals surface area contributed by atoms with E-state index >= 15 is 0 Å². The van der Waals surface area contributed by atoms with Crippen molar-refractivity contribution >= 4 is 22.3 Å². The van der Waals surface area contributed by atoms with Gasteiger partial charge in [-0.05, 0) is 23.9 Å². The number of amidine groups is 1. The van der Waals surface area contributed by atoms with Gasteiger partial charge in [-0.2, -0.15) is 0 Å². The van der Waals surface area contributed by atoms with Gasteiger partial charge in [0, 0.05) is 30.2 Å². The number of nitrogens with zero attached hydrogens (tertiary/aromatic N) is 2. The van der Waals surface area contributed by atoms with Gasteiger partial charge < -0.3 is 15.8 Å². The molecule has 2 rings (SSSR count). The minimum atomic E-state index is 0.140. The molecule has 0 heterocycles. The first-order chi connectivity index (χ1) is 9.19. The highest BCUT2D eigenvalue weighted by molar-refractivity contribution is 6.11. The quantitative estimate of drug-likeness (QED) is 0.383. The van der Waals surface area contributed by atoms with Crippen LogP contribution in [0, 0.1) is 0 Å². The van der Waals surface area contributed by atoms with Crippen LogP contribution in [0.5, 0.6) is 0 Å². The fraction of sp³-hybridized carbons (Fsp3) is 0.267. The summed E-state index contributed by atoms with van der Waals surface area (Å²) in [6.45, 7) is 3.15. The molecule has 0 saturated carbocycles. The minimum absolute atomic E-state index is 0.140. The number of hydrogen-bond donors (Lipinski definition) is 2. The van der Waals surface area contributed by atoms with Crippen LogP contribution in [0.3, 0.4) is 0 Å². The molecule has 0 saturated heterocycles. The van der Waals surface area contributed by atoms with Crippen LogP contribution in [-0.4, -0.2) is 24.6 Å². The van der Waals surface area contributed by atoms with Crippen molar-refractivity contribution in [2.45, 2.75) is 13.3 Å². The zero-order valence-electron chi connectivity index (χ0n) is 11.3. The smallest absolute Gasteiger partial charge is 0.170 e. The van der Waals surface area contributed by atoms with Crippen molar-refractivity contribution in [2.24, 2.45) is 10.9 Å². The van der Waals surface area contributed by atoms with E-state index in [1.807, 2.05) is 30.3 Å². The van der Waals surface area contributed by atoms with Crippen molar-refractivity contribution in [3.05, 3.63) is 42.0 Å². The zero-order chi connectivity index (χ0) is 13.8. The van der Waals surface area contributed by atoms with Gasteiger partial charge >= 0.3 is 0 Å². The molecule has 0 amide bonds. The van der Waals surface area contributed by atoms with E-state index < -0.39 is 0 Å². The van der Waals surface area contributed by atoms with Gasteiger partial charge in [-0.3, -0.25) is 0 Å². The van der Waals surface area contributed by atoms with Crippen LogP contribution in [0.15, 0.2) is 41.6 Å². The summed E-state index contributed by atoms with van der Waals surface area (Å²) in [6.07, 6.45) is 1.09. The number of benzene rings is 2. The topological polar surface area (TPSA) is 61.8 Å². The summed E-state index contributed by atoms with van der Waals surface area (Å²) in [5.74, 6) is 0.140. The molecule has 0 fully saturated rings. The fourth-order valence-corrected chi connectivity index (χ4v) is 2.35. The Hall–Kier alpha value is -2.23. The lowest BCUT2D eigenvalue weighted by atomic mass is 10.0. The van der Waals surface area contributed by atoms with Crippen LogP contribution in [0.2, 0.25) is 0 Å². The normalized spacial score (nSPS) is 11.8. The van der Waals surface area contributed by atoms with Gasteiger partial charge in [0.2, 0.25) is 0 Å². The number of fused-ring (bicyclic) bond motifs is 1. The fourth-order valence-electron chi connectivity index (χ4n) is 2.35. The number of nitrogens with two attached hydrogens (primary N) is 1. The molecule has 3 N–H and O–H groups in total.